The highest BCUT2D eigenvalue weighted by Gasteiger charge is 2.19. The van der Waals surface area contributed by atoms with Gasteiger partial charge in [-0.05, 0) is 54.6 Å². The fourth-order valence-corrected chi connectivity index (χ4v) is 2.82. The SMILES string of the molecule is C#CC(C)(C)NC(=O)c1cc(CC(=O)Cc2ccc3cc[nH]c3c2)ccn1. The van der Waals surface area contributed by atoms with E-state index in [0.29, 0.717) is 6.42 Å². The van der Waals surface area contributed by atoms with E-state index >= 15 is 0 Å². The average Bonchev–Trinajstić information content (AvgIpc) is 3.09. The Kier molecular flexibility index (Phi) is 5.09. The van der Waals surface area contributed by atoms with Crippen molar-refractivity contribution in [2.24, 2.45) is 0 Å². The molecule has 5 heteroatoms. The lowest BCUT2D eigenvalue weighted by Crippen LogP contribution is -2.42. The number of nitrogens with zero attached hydrogens (tertiary/aromatic N) is 1. The molecule has 2 heterocycles. The highest BCUT2D eigenvalue weighted by molar-refractivity contribution is 5.93. The Morgan fingerprint density at radius 3 is 2.63 bits per heavy atom. The van der Waals surface area contributed by atoms with E-state index in [1.807, 2.05) is 30.5 Å². The van der Waals surface area contributed by atoms with E-state index in [2.05, 4.69) is 21.2 Å². The molecule has 0 aliphatic heterocycles. The van der Waals surface area contributed by atoms with Crippen molar-refractivity contribution >= 4 is 22.6 Å². The van der Waals surface area contributed by atoms with Crippen LogP contribution in [0.4, 0.5) is 0 Å². The molecule has 0 fully saturated rings. The van der Waals surface area contributed by atoms with E-state index < -0.39 is 5.54 Å². The molecule has 3 rings (SSSR count). The van der Waals surface area contributed by atoms with Gasteiger partial charge in [-0.1, -0.05) is 18.1 Å². The van der Waals surface area contributed by atoms with Gasteiger partial charge in [0.1, 0.15) is 11.5 Å². The number of pyridine rings is 1. The molecule has 2 N–H and O–H groups in total. The zero-order valence-corrected chi connectivity index (χ0v) is 15.4. The number of hydrogen-bond acceptors (Lipinski definition) is 3. The summed E-state index contributed by atoms with van der Waals surface area (Å²) in [6, 6.07) is 11.3. The molecular formula is C22H21N3O2. The summed E-state index contributed by atoms with van der Waals surface area (Å²) in [6.07, 6.45) is 9.38. The Morgan fingerprint density at radius 2 is 1.89 bits per heavy atom. The third-order valence-corrected chi connectivity index (χ3v) is 4.27. The fraction of sp³-hybridized carbons (Fsp3) is 0.227. The molecule has 2 aromatic heterocycles. The summed E-state index contributed by atoms with van der Waals surface area (Å²) >= 11 is 0. The highest BCUT2D eigenvalue weighted by atomic mass is 16.2. The monoisotopic (exact) mass is 359 g/mol. The van der Waals surface area contributed by atoms with Gasteiger partial charge < -0.3 is 10.3 Å². The van der Waals surface area contributed by atoms with Gasteiger partial charge in [-0.25, -0.2) is 0 Å². The maximum absolute atomic E-state index is 12.5. The molecule has 0 saturated heterocycles. The van der Waals surface area contributed by atoms with Gasteiger partial charge >= 0.3 is 0 Å². The van der Waals surface area contributed by atoms with Crippen LogP contribution in [-0.2, 0) is 17.6 Å². The standard InChI is InChI=1S/C22H21N3O2/c1-4-22(2,3)25-21(27)20-14-16(7-9-24-20)12-18(26)11-15-5-6-17-8-10-23-19(17)13-15/h1,5-10,13-14,23H,11-12H2,2-3H3,(H,25,27). The largest absolute Gasteiger partial charge is 0.361 e. The molecule has 1 aromatic carbocycles. The Bertz CT molecular complexity index is 1040. The smallest absolute Gasteiger partial charge is 0.271 e. The summed E-state index contributed by atoms with van der Waals surface area (Å²) in [4.78, 5) is 32.0. The minimum absolute atomic E-state index is 0.0717. The van der Waals surface area contributed by atoms with Crippen molar-refractivity contribution in [1.82, 2.24) is 15.3 Å². The van der Waals surface area contributed by atoms with Gasteiger partial charge in [0.25, 0.3) is 5.91 Å². The van der Waals surface area contributed by atoms with Crippen LogP contribution in [0.1, 0.15) is 35.5 Å². The number of nitrogens with one attached hydrogen (secondary N) is 2. The van der Waals surface area contributed by atoms with Crippen LogP contribution in [0.15, 0.2) is 48.8 Å². The number of hydrogen-bond donors (Lipinski definition) is 2. The van der Waals surface area contributed by atoms with Gasteiger partial charge in [0.2, 0.25) is 0 Å². The summed E-state index contributed by atoms with van der Waals surface area (Å²) in [5, 5.41) is 3.85. The van der Waals surface area contributed by atoms with E-state index in [1.54, 1.807) is 26.0 Å². The number of ketones is 1. The maximum atomic E-state index is 12.5. The second-order valence-electron chi connectivity index (χ2n) is 7.06. The Hall–Kier alpha value is -3.39. The number of fused-ring (bicyclic) bond motifs is 1. The van der Waals surface area contributed by atoms with Gasteiger partial charge in [0.05, 0.1) is 5.54 Å². The van der Waals surface area contributed by atoms with Crippen molar-refractivity contribution in [1.29, 1.82) is 0 Å². The zero-order chi connectivity index (χ0) is 19.4. The summed E-state index contributed by atoms with van der Waals surface area (Å²) in [6.45, 7) is 3.47. The summed E-state index contributed by atoms with van der Waals surface area (Å²) in [5.41, 5.74) is 2.20. The predicted octanol–water partition coefficient (Wildman–Crippen LogP) is 3.06. The number of amides is 1. The second kappa shape index (κ2) is 7.46. The van der Waals surface area contributed by atoms with Crippen LogP contribution >= 0.6 is 0 Å². The molecule has 0 aliphatic rings. The number of aromatic amines is 1. The maximum Gasteiger partial charge on any atom is 0.271 e. The molecule has 0 aliphatic carbocycles. The van der Waals surface area contributed by atoms with Gasteiger partial charge in [0.15, 0.2) is 0 Å². The predicted molar refractivity (Wildman–Crippen MR) is 105 cm³/mol. The lowest BCUT2D eigenvalue weighted by atomic mass is 10.0. The first-order valence-corrected chi connectivity index (χ1v) is 8.69. The third-order valence-electron chi connectivity index (χ3n) is 4.27. The minimum Gasteiger partial charge on any atom is -0.361 e. The average molecular weight is 359 g/mol. The van der Waals surface area contributed by atoms with Crippen molar-refractivity contribution < 1.29 is 9.59 Å². The number of rotatable bonds is 6. The second-order valence-corrected chi connectivity index (χ2v) is 7.06. The molecule has 0 spiro atoms. The molecule has 136 valence electrons. The number of carbonyl (C=O) groups excluding carboxylic acids is 2. The quantitative estimate of drug-likeness (QED) is 0.664. The first-order chi connectivity index (χ1) is 12.9. The molecule has 0 unspecified atom stereocenters. The van der Waals surface area contributed by atoms with Crippen molar-refractivity contribution in [3.05, 3.63) is 65.6 Å². The summed E-state index contributed by atoms with van der Waals surface area (Å²) in [7, 11) is 0. The first-order valence-electron chi connectivity index (χ1n) is 8.69. The summed E-state index contributed by atoms with van der Waals surface area (Å²) in [5.74, 6) is 2.23. The zero-order valence-electron chi connectivity index (χ0n) is 15.4. The lowest BCUT2D eigenvalue weighted by molar-refractivity contribution is -0.117. The van der Waals surface area contributed by atoms with Crippen LogP contribution in [0.5, 0.6) is 0 Å². The number of benzene rings is 1. The van der Waals surface area contributed by atoms with Crippen LogP contribution in [0.25, 0.3) is 10.9 Å². The number of Topliss-reactive ketones (excluding diaryl/α,β-unsaturated/α-hetero) is 1. The van der Waals surface area contributed by atoms with Crippen molar-refractivity contribution in [2.75, 3.05) is 0 Å². The molecule has 0 bridgehead atoms. The van der Waals surface area contributed by atoms with Gasteiger partial charge in [-0.15, -0.1) is 6.42 Å². The van der Waals surface area contributed by atoms with Gasteiger partial charge in [-0.3, -0.25) is 14.6 Å². The number of H-pyrrole nitrogens is 1. The van der Waals surface area contributed by atoms with Crippen molar-refractivity contribution in [3.63, 3.8) is 0 Å². The normalized spacial score (nSPS) is 11.1. The van der Waals surface area contributed by atoms with E-state index in [9.17, 15) is 9.59 Å². The van der Waals surface area contributed by atoms with Crippen LogP contribution in [0, 0.1) is 12.3 Å². The Balaban J connectivity index is 1.67. The number of carbonyl (C=O) groups is 2. The van der Waals surface area contributed by atoms with E-state index in [0.717, 1.165) is 22.0 Å². The molecule has 27 heavy (non-hydrogen) atoms. The highest BCUT2D eigenvalue weighted by Crippen LogP contribution is 2.15. The van der Waals surface area contributed by atoms with Gasteiger partial charge in [0, 0.05) is 30.8 Å². The van der Waals surface area contributed by atoms with E-state index in [4.69, 9.17) is 6.42 Å². The van der Waals surface area contributed by atoms with Crippen LogP contribution in [0.2, 0.25) is 0 Å². The molecule has 0 saturated carbocycles. The molecule has 0 radical (unpaired) electrons. The first kappa shape index (κ1) is 18.4. The molecule has 3 aromatic rings. The van der Waals surface area contributed by atoms with Crippen LogP contribution in [-0.4, -0.2) is 27.2 Å². The third kappa shape index (κ3) is 4.62. The number of aromatic nitrogens is 2. The topological polar surface area (TPSA) is 74.8 Å². The van der Waals surface area contributed by atoms with Crippen molar-refractivity contribution in [3.8, 4) is 12.3 Å². The van der Waals surface area contributed by atoms with E-state index in [-0.39, 0.29) is 23.8 Å². The fourth-order valence-electron chi connectivity index (χ4n) is 2.82. The lowest BCUT2D eigenvalue weighted by Gasteiger charge is -2.19. The number of terminal acetylenes is 1. The van der Waals surface area contributed by atoms with Crippen LogP contribution < -0.4 is 5.32 Å². The van der Waals surface area contributed by atoms with Gasteiger partial charge in [-0.2, -0.15) is 0 Å². The molecule has 0 atom stereocenters. The Labute approximate surface area is 158 Å². The van der Waals surface area contributed by atoms with E-state index in [1.165, 1.54) is 6.20 Å². The van der Waals surface area contributed by atoms with Crippen molar-refractivity contribution in [2.45, 2.75) is 32.2 Å². The molecule has 5 nitrogen and oxygen atoms in total. The minimum atomic E-state index is -0.763. The molecular weight excluding hydrogens is 338 g/mol. The summed E-state index contributed by atoms with van der Waals surface area (Å²) < 4.78 is 0. The molecule has 1 amide bonds. The van der Waals surface area contributed by atoms with Crippen LogP contribution in [0.3, 0.4) is 0 Å². The Morgan fingerprint density at radius 1 is 1.15 bits per heavy atom.